The Kier molecular flexibility index (Phi) is 5.74. The molecule has 0 unspecified atom stereocenters. The third-order valence-corrected chi connectivity index (χ3v) is 4.40. The van der Waals surface area contributed by atoms with Crippen LogP contribution in [0.25, 0.3) is 5.57 Å². The normalized spacial score (nSPS) is 14.4. The lowest BCUT2D eigenvalue weighted by atomic mass is 9.92. The second-order valence-corrected chi connectivity index (χ2v) is 6.59. The fraction of sp³-hybridized carbons (Fsp3) is 0.318. The van der Waals surface area contributed by atoms with E-state index in [9.17, 15) is 4.79 Å². The third kappa shape index (κ3) is 3.97. The van der Waals surface area contributed by atoms with Crippen molar-refractivity contribution in [1.82, 2.24) is 4.90 Å². The number of ether oxygens (including phenoxy) is 2. The van der Waals surface area contributed by atoms with Crippen molar-refractivity contribution in [2.45, 2.75) is 20.0 Å². The van der Waals surface area contributed by atoms with Crippen molar-refractivity contribution in [3.8, 4) is 5.75 Å². The van der Waals surface area contributed by atoms with E-state index in [1.165, 1.54) is 0 Å². The summed E-state index contributed by atoms with van der Waals surface area (Å²) in [5.41, 5.74) is 4.91. The molecule has 0 saturated carbocycles. The molecule has 1 aliphatic rings. The molecule has 4 heteroatoms. The number of rotatable bonds is 5. The van der Waals surface area contributed by atoms with Gasteiger partial charge in [0.25, 0.3) is 0 Å². The molecule has 0 aliphatic carbocycles. The van der Waals surface area contributed by atoms with Gasteiger partial charge >= 0.3 is 5.97 Å². The Morgan fingerprint density at radius 2 is 2.00 bits per heavy atom. The number of carbonyl (C=O) groups is 1. The molecule has 136 valence electrons. The molecule has 0 saturated heterocycles. The van der Waals surface area contributed by atoms with Gasteiger partial charge in [-0.2, -0.15) is 0 Å². The highest BCUT2D eigenvalue weighted by Gasteiger charge is 2.20. The number of hydrogen-bond acceptors (Lipinski definition) is 4. The molecule has 3 rings (SSSR count). The molecule has 0 amide bonds. The first-order valence-corrected chi connectivity index (χ1v) is 8.97. The lowest BCUT2D eigenvalue weighted by molar-refractivity contribution is 0.0526. The van der Waals surface area contributed by atoms with Crippen LogP contribution in [0.1, 0.15) is 40.4 Å². The van der Waals surface area contributed by atoms with Gasteiger partial charge in [-0.05, 0) is 62.3 Å². The van der Waals surface area contributed by atoms with Gasteiger partial charge in [0.05, 0.1) is 12.2 Å². The van der Waals surface area contributed by atoms with Crippen molar-refractivity contribution >= 4 is 11.5 Å². The van der Waals surface area contributed by atoms with Crippen LogP contribution in [0.15, 0.2) is 48.5 Å². The second-order valence-electron chi connectivity index (χ2n) is 6.59. The molecule has 0 fully saturated rings. The van der Waals surface area contributed by atoms with Crippen LogP contribution < -0.4 is 4.74 Å². The lowest BCUT2D eigenvalue weighted by Gasteiger charge is -2.13. The Labute approximate surface area is 155 Å². The molecule has 4 nitrogen and oxygen atoms in total. The van der Waals surface area contributed by atoms with Crippen LogP contribution in [-0.2, 0) is 11.3 Å². The molecular formula is C22H25NO3. The van der Waals surface area contributed by atoms with E-state index in [-0.39, 0.29) is 5.97 Å². The zero-order chi connectivity index (χ0) is 18.5. The number of fused-ring (bicyclic) bond motifs is 2. The summed E-state index contributed by atoms with van der Waals surface area (Å²) in [5.74, 6) is 0.492. The van der Waals surface area contributed by atoms with E-state index in [4.69, 9.17) is 9.47 Å². The molecule has 2 aromatic carbocycles. The van der Waals surface area contributed by atoms with E-state index < -0.39 is 0 Å². The van der Waals surface area contributed by atoms with E-state index in [2.05, 4.69) is 37.2 Å². The SMILES string of the molecule is CCOC(=O)c1ccc2c(c1)/C(=C\CCN(C)C)c1ccccc1CO2. The minimum absolute atomic E-state index is 0.305. The van der Waals surface area contributed by atoms with Crippen molar-refractivity contribution in [2.75, 3.05) is 27.2 Å². The lowest BCUT2D eigenvalue weighted by Crippen LogP contribution is -2.12. The summed E-state index contributed by atoms with van der Waals surface area (Å²) in [6, 6.07) is 13.8. The molecule has 2 aromatic rings. The predicted octanol–water partition coefficient (Wildman–Crippen LogP) is 4.14. The highest BCUT2D eigenvalue weighted by Crippen LogP contribution is 2.37. The highest BCUT2D eigenvalue weighted by molar-refractivity contribution is 5.93. The Morgan fingerprint density at radius 1 is 1.19 bits per heavy atom. The Hall–Kier alpha value is -2.59. The van der Waals surface area contributed by atoms with Gasteiger partial charge in [0.1, 0.15) is 12.4 Å². The minimum Gasteiger partial charge on any atom is -0.488 e. The summed E-state index contributed by atoms with van der Waals surface area (Å²) in [6.07, 6.45) is 3.15. The van der Waals surface area contributed by atoms with Crippen LogP contribution in [0.5, 0.6) is 5.75 Å². The maximum Gasteiger partial charge on any atom is 0.338 e. The van der Waals surface area contributed by atoms with Gasteiger partial charge in [-0.3, -0.25) is 0 Å². The van der Waals surface area contributed by atoms with Gasteiger partial charge in [-0.15, -0.1) is 0 Å². The largest absolute Gasteiger partial charge is 0.488 e. The highest BCUT2D eigenvalue weighted by atomic mass is 16.5. The van der Waals surface area contributed by atoms with E-state index in [0.29, 0.717) is 18.8 Å². The topological polar surface area (TPSA) is 38.8 Å². The average Bonchev–Trinajstić information content (AvgIpc) is 2.79. The Bertz CT molecular complexity index is 824. The van der Waals surface area contributed by atoms with Crippen molar-refractivity contribution in [3.63, 3.8) is 0 Å². The molecular weight excluding hydrogens is 326 g/mol. The molecule has 0 radical (unpaired) electrons. The number of nitrogens with zero attached hydrogens (tertiary/aromatic N) is 1. The van der Waals surface area contributed by atoms with Crippen molar-refractivity contribution in [3.05, 3.63) is 70.8 Å². The monoisotopic (exact) mass is 351 g/mol. The summed E-state index contributed by atoms with van der Waals surface area (Å²) < 4.78 is 11.2. The number of carbonyl (C=O) groups excluding carboxylic acids is 1. The first-order chi connectivity index (χ1) is 12.6. The van der Waals surface area contributed by atoms with Gasteiger partial charge in [-0.1, -0.05) is 30.3 Å². The summed E-state index contributed by atoms with van der Waals surface area (Å²) in [5, 5.41) is 0. The van der Waals surface area contributed by atoms with Crippen LogP contribution in [0.4, 0.5) is 0 Å². The maximum absolute atomic E-state index is 12.2. The van der Waals surface area contributed by atoms with Crippen molar-refractivity contribution < 1.29 is 14.3 Å². The van der Waals surface area contributed by atoms with Gasteiger partial charge in [-0.25, -0.2) is 4.79 Å². The third-order valence-electron chi connectivity index (χ3n) is 4.40. The van der Waals surface area contributed by atoms with Crippen molar-refractivity contribution in [2.24, 2.45) is 0 Å². The second kappa shape index (κ2) is 8.19. The Morgan fingerprint density at radius 3 is 2.77 bits per heavy atom. The molecule has 26 heavy (non-hydrogen) atoms. The van der Waals surface area contributed by atoms with Gasteiger partial charge < -0.3 is 14.4 Å². The molecule has 1 heterocycles. The quantitative estimate of drug-likeness (QED) is 0.759. The minimum atomic E-state index is -0.305. The molecule has 0 aromatic heterocycles. The molecule has 0 spiro atoms. The zero-order valence-electron chi connectivity index (χ0n) is 15.6. The van der Waals surface area contributed by atoms with Crippen LogP contribution in [-0.4, -0.2) is 38.1 Å². The molecule has 1 aliphatic heterocycles. The summed E-state index contributed by atoms with van der Waals surface area (Å²) in [7, 11) is 4.13. The van der Waals surface area contributed by atoms with Crippen LogP contribution in [0.3, 0.4) is 0 Å². The molecule has 0 bridgehead atoms. The zero-order valence-corrected chi connectivity index (χ0v) is 15.6. The van der Waals surface area contributed by atoms with Crippen molar-refractivity contribution in [1.29, 1.82) is 0 Å². The predicted molar refractivity (Wildman–Crippen MR) is 103 cm³/mol. The average molecular weight is 351 g/mol. The first-order valence-electron chi connectivity index (χ1n) is 8.97. The molecule has 0 N–H and O–H groups in total. The maximum atomic E-state index is 12.2. The smallest absolute Gasteiger partial charge is 0.338 e. The summed E-state index contributed by atoms with van der Waals surface area (Å²) in [6.45, 7) is 3.65. The van der Waals surface area contributed by atoms with E-state index in [0.717, 1.165) is 41.0 Å². The fourth-order valence-corrected chi connectivity index (χ4v) is 3.10. The standard InChI is InChI=1S/C22H25NO3/c1-4-25-22(24)16-11-12-21-20(14-16)19(10-7-13-23(2)3)18-9-6-5-8-17(18)15-26-21/h5-6,8-12,14H,4,7,13,15H2,1-3H3/b19-10-. The summed E-state index contributed by atoms with van der Waals surface area (Å²) >= 11 is 0. The number of hydrogen-bond donors (Lipinski definition) is 0. The first kappa shape index (κ1) is 18.2. The summed E-state index contributed by atoms with van der Waals surface area (Å²) in [4.78, 5) is 14.3. The number of benzene rings is 2. The van der Waals surface area contributed by atoms with Gasteiger partial charge in [0.2, 0.25) is 0 Å². The van der Waals surface area contributed by atoms with Gasteiger partial charge in [0, 0.05) is 12.1 Å². The molecule has 0 atom stereocenters. The van der Waals surface area contributed by atoms with Crippen LogP contribution >= 0.6 is 0 Å². The van der Waals surface area contributed by atoms with Gasteiger partial charge in [0.15, 0.2) is 0 Å². The fourth-order valence-electron chi connectivity index (χ4n) is 3.10. The van der Waals surface area contributed by atoms with E-state index in [1.54, 1.807) is 6.07 Å². The van der Waals surface area contributed by atoms with E-state index >= 15 is 0 Å². The Balaban J connectivity index is 2.08. The number of esters is 1. The van der Waals surface area contributed by atoms with Crippen LogP contribution in [0.2, 0.25) is 0 Å². The van der Waals surface area contributed by atoms with E-state index in [1.807, 2.05) is 31.2 Å². The van der Waals surface area contributed by atoms with Crippen LogP contribution in [0, 0.1) is 0 Å².